The average Bonchev–Trinajstić information content (AvgIpc) is 2.78. The van der Waals surface area contributed by atoms with Gasteiger partial charge in [0, 0.05) is 22.8 Å². The van der Waals surface area contributed by atoms with Crippen LogP contribution in [-0.4, -0.2) is 20.2 Å². The topological polar surface area (TPSA) is 44.8 Å². The molecule has 0 aliphatic rings. The molecule has 148 valence electrons. The first-order chi connectivity index (χ1) is 14.1. The fraction of sp³-hybridized carbons (Fsp3) is 0.160. The molecule has 0 amide bonds. The van der Waals surface area contributed by atoms with Crippen molar-refractivity contribution in [2.45, 2.75) is 12.5 Å². The van der Waals surface area contributed by atoms with Gasteiger partial charge in [-0.15, -0.1) is 0 Å². The first kappa shape index (κ1) is 20.2. The minimum Gasteiger partial charge on any atom is -0.497 e. The lowest BCUT2D eigenvalue weighted by Crippen LogP contribution is -2.34. The van der Waals surface area contributed by atoms with E-state index in [0.717, 1.165) is 28.2 Å². The Balaban J connectivity index is 2.28. The Kier molecular flexibility index (Phi) is 6.35. The van der Waals surface area contributed by atoms with E-state index in [1.54, 1.807) is 27.2 Å². The molecule has 29 heavy (non-hydrogen) atoms. The quantitative estimate of drug-likeness (QED) is 0.320. The van der Waals surface area contributed by atoms with Crippen molar-refractivity contribution in [3.63, 3.8) is 0 Å². The molecule has 0 saturated heterocycles. The molecule has 0 unspecified atom stereocenters. The van der Waals surface area contributed by atoms with Crippen molar-refractivity contribution in [1.82, 2.24) is 0 Å². The summed E-state index contributed by atoms with van der Waals surface area (Å²) < 4.78 is 16.8. The SMILES string of the molecule is CC=CC(=O)OC(c1ccccc1)(c1ccc(OC)cc1)c1ccc(OC)cc1. The molecule has 0 atom stereocenters. The van der Waals surface area contributed by atoms with Gasteiger partial charge in [-0.3, -0.25) is 0 Å². The number of benzene rings is 3. The van der Waals surface area contributed by atoms with Gasteiger partial charge in [-0.25, -0.2) is 4.79 Å². The molecule has 4 nitrogen and oxygen atoms in total. The summed E-state index contributed by atoms with van der Waals surface area (Å²) in [6.45, 7) is 1.78. The van der Waals surface area contributed by atoms with E-state index in [0.29, 0.717) is 0 Å². The molecule has 0 radical (unpaired) electrons. The number of hydrogen-bond acceptors (Lipinski definition) is 4. The summed E-state index contributed by atoms with van der Waals surface area (Å²) in [5, 5.41) is 0. The third-order valence-corrected chi connectivity index (χ3v) is 4.73. The van der Waals surface area contributed by atoms with Gasteiger partial charge in [-0.2, -0.15) is 0 Å². The van der Waals surface area contributed by atoms with Crippen LogP contribution in [0.1, 0.15) is 23.6 Å². The second-order valence-electron chi connectivity index (χ2n) is 6.43. The Bertz CT molecular complexity index is 910. The lowest BCUT2D eigenvalue weighted by atomic mass is 9.80. The summed E-state index contributed by atoms with van der Waals surface area (Å²) in [5.74, 6) is 1.03. The predicted octanol–water partition coefficient (Wildman–Crippen LogP) is 5.12. The van der Waals surface area contributed by atoms with Crippen molar-refractivity contribution in [1.29, 1.82) is 0 Å². The first-order valence-electron chi connectivity index (χ1n) is 9.34. The van der Waals surface area contributed by atoms with Crippen molar-refractivity contribution in [3.8, 4) is 11.5 Å². The van der Waals surface area contributed by atoms with Crippen LogP contribution >= 0.6 is 0 Å². The van der Waals surface area contributed by atoms with Crippen LogP contribution in [0.4, 0.5) is 0 Å². The number of esters is 1. The maximum Gasteiger partial charge on any atom is 0.331 e. The van der Waals surface area contributed by atoms with Gasteiger partial charge < -0.3 is 14.2 Å². The molecule has 3 aromatic rings. The van der Waals surface area contributed by atoms with Crippen LogP contribution in [0.2, 0.25) is 0 Å². The van der Waals surface area contributed by atoms with Crippen LogP contribution in [0.25, 0.3) is 0 Å². The minimum absolute atomic E-state index is 0.428. The summed E-state index contributed by atoms with van der Waals surface area (Å²) in [4.78, 5) is 12.7. The van der Waals surface area contributed by atoms with E-state index in [9.17, 15) is 4.79 Å². The van der Waals surface area contributed by atoms with Crippen LogP contribution in [0.3, 0.4) is 0 Å². The van der Waals surface area contributed by atoms with Gasteiger partial charge >= 0.3 is 5.97 Å². The molecule has 0 N–H and O–H groups in total. The Morgan fingerprint density at radius 2 is 1.17 bits per heavy atom. The van der Waals surface area contributed by atoms with Crippen LogP contribution in [-0.2, 0) is 15.1 Å². The minimum atomic E-state index is -1.13. The molecular formula is C25H24O4. The molecule has 0 aromatic heterocycles. The molecule has 0 spiro atoms. The van der Waals surface area contributed by atoms with E-state index < -0.39 is 11.6 Å². The summed E-state index contributed by atoms with van der Waals surface area (Å²) in [6.07, 6.45) is 3.09. The molecule has 0 aliphatic carbocycles. The first-order valence-corrected chi connectivity index (χ1v) is 9.34. The lowest BCUT2D eigenvalue weighted by molar-refractivity contribution is -0.147. The zero-order valence-corrected chi connectivity index (χ0v) is 16.8. The fourth-order valence-corrected chi connectivity index (χ4v) is 3.32. The fourth-order valence-electron chi connectivity index (χ4n) is 3.32. The molecule has 0 saturated carbocycles. The van der Waals surface area contributed by atoms with E-state index in [2.05, 4.69) is 0 Å². The highest BCUT2D eigenvalue weighted by atomic mass is 16.6. The lowest BCUT2D eigenvalue weighted by Gasteiger charge is -2.35. The van der Waals surface area contributed by atoms with Gasteiger partial charge in [0.25, 0.3) is 0 Å². The number of rotatable bonds is 7. The summed E-state index contributed by atoms with van der Waals surface area (Å²) in [6, 6.07) is 24.8. The van der Waals surface area contributed by atoms with Crippen molar-refractivity contribution < 1.29 is 19.0 Å². The Morgan fingerprint density at radius 3 is 1.59 bits per heavy atom. The third kappa shape index (κ3) is 4.16. The maximum absolute atomic E-state index is 12.7. The highest BCUT2D eigenvalue weighted by molar-refractivity contribution is 5.83. The van der Waals surface area contributed by atoms with Gasteiger partial charge in [-0.05, 0) is 31.2 Å². The van der Waals surface area contributed by atoms with Crippen LogP contribution in [0, 0.1) is 0 Å². The number of allylic oxidation sites excluding steroid dienone is 1. The molecule has 4 heteroatoms. The smallest absolute Gasteiger partial charge is 0.331 e. The van der Waals surface area contributed by atoms with E-state index in [1.807, 2.05) is 78.9 Å². The summed E-state index contributed by atoms with van der Waals surface area (Å²) >= 11 is 0. The number of carbonyl (C=O) groups excluding carboxylic acids is 1. The average molecular weight is 388 g/mol. The second-order valence-corrected chi connectivity index (χ2v) is 6.43. The second kappa shape index (κ2) is 9.11. The van der Waals surface area contributed by atoms with Gasteiger partial charge in [-0.1, -0.05) is 60.7 Å². The van der Waals surface area contributed by atoms with E-state index in [4.69, 9.17) is 14.2 Å². The largest absolute Gasteiger partial charge is 0.497 e. The zero-order valence-electron chi connectivity index (χ0n) is 16.8. The van der Waals surface area contributed by atoms with Crippen molar-refractivity contribution in [2.75, 3.05) is 14.2 Å². The highest BCUT2D eigenvalue weighted by Gasteiger charge is 2.40. The number of ether oxygens (including phenoxy) is 3. The van der Waals surface area contributed by atoms with Crippen LogP contribution in [0.15, 0.2) is 91.0 Å². The molecule has 3 aromatic carbocycles. The third-order valence-electron chi connectivity index (χ3n) is 4.73. The zero-order chi connectivity index (χ0) is 20.7. The van der Waals surface area contributed by atoms with E-state index in [1.165, 1.54) is 6.08 Å². The van der Waals surface area contributed by atoms with E-state index in [-0.39, 0.29) is 0 Å². The van der Waals surface area contributed by atoms with Gasteiger partial charge in [0.2, 0.25) is 0 Å². The van der Waals surface area contributed by atoms with Crippen LogP contribution in [0.5, 0.6) is 11.5 Å². The van der Waals surface area contributed by atoms with Gasteiger partial charge in [0.05, 0.1) is 14.2 Å². The standard InChI is InChI=1S/C25H24O4/c1-4-8-24(26)29-25(19-9-6-5-7-10-19,20-11-15-22(27-2)16-12-20)21-13-17-23(28-3)18-14-21/h4-18H,1-3H3. The normalized spacial score (nSPS) is 11.3. The molecule has 0 heterocycles. The molecule has 0 bridgehead atoms. The molecule has 0 aliphatic heterocycles. The summed E-state index contributed by atoms with van der Waals surface area (Å²) in [5.41, 5.74) is 1.34. The summed E-state index contributed by atoms with van der Waals surface area (Å²) in [7, 11) is 3.24. The Labute approximate surface area is 171 Å². The van der Waals surface area contributed by atoms with Gasteiger partial charge in [0.15, 0.2) is 5.60 Å². The van der Waals surface area contributed by atoms with Crippen molar-refractivity contribution in [2.24, 2.45) is 0 Å². The number of hydrogen-bond donors (Lipinski definition) is 0. The maximum atomic E-state index is 12.7. The van der Waals surface area contributed by atoms with Crippen molar-refractivity contribution >= 4 is 5.97 Å². The number of methoxy groups -OCH3 is 2. The Morgan fingerprint density at radius 1 is 0.724 bits per heavy atom. The van der Waals surface area contributed by atoms with Gasteiger partial charge in [0.1, 0.15) is 11.5 Å². The van der Waals surface area contributed by atoms with E-state index >= 15 is 0 Å². The Hall–Kier alpha value is -3.53. The monoisotopic (exact) mass is 388 g/mol. The highest BCUT2D eigenvalue weighted by Crippen LogP contribution is 2.41. The molecule has 0 fully saturated rings. The molecular weight excluding hydrogens is 364 g/mol. The predicted molar refractivity (Wildman–Crippen MR) is 113 cm³/mol. The van der Waals surface area contributed by atoms with Crippen molar-refractivity contribution in [3.05, 3.63) is 108 Å². The number of carbonyl (C=O) groups is 1. The molecule has 3 rings (SSSR count). The van der Waals surface area contributed by atoms with Crippen LogP contribution < -0.4 is 9.47 Å².